The second-order valence-corrected chi connectivity index (χ2v) is 4.68. The van der Waals surface area contributed by atoms with Crippen molar-refractivity contribution in [2.45, 2.75) is 6.54 Å². The summed E-state index contributed by atoms with van der Waals surface area (Å²) in [4.78, 5) is 12.3. The summed E-state index contributed by atoms with van der Waals surface area (Å²) in [7, 11) is 1.62. The Morgan fingerprint density at radius 3 is 2.72 bits per heavy atom. The number of ketones is 1. The molecule has 1 aromatic heterocycles. The lowest BCUT2D eigenvalue weighted by atomic mass is 10.1. The molecular formula is C13H13BrN2O2. The number of ether oxygens (including phenoxy) is 1. The van der Waals surface area contributed by atoms with Gasteiger partial charge in [0.25, 0.3) is 0 Å². The molecule has 0 spiro atoms. The predicted molar refractivity (Wildman–Crippen MR) is 71.7 cm³/mol. The van der Waals surface area contributed by atoms with Gasteiger partial charge in [-0.05, 0) is 30.3 Å². The number of aromatic nitrogens is 2. The number of benzene rings is 1. The number of carbonyl (C=O) groups excluding carboxylic acids is 1. The van der Waals surface area contributed by atoms with Crippen LogP contribution in [-0.2, 0) is 11.3 Å². The number of carbonyl (C=O) groups is 1. The molecule has 0 saturated heterocycles. The van der Waals surface area contributed by atoms with E-state index in [0.717, 1.165) is 4.47 Å². The van der Waals surface area contributed by atoms with Crippen molar-refractivity contribution in [1.29, 1.82) is 0 Å². The first-order valence-corrected chi connectivity index (χ1v) is 6.32. The molecule has 94 valence electrons. The summed E-state index contributed by atoms with van der Waals surface area (Å²) in [5.74, 6) is -0.0314. The molecule has 2 aromatic rings. The fourth-order valence-corrected chi connectivity index (χ4v) is 1.89. The van der Waals surface area contributed by atoms with Crippen LogP contribution in [0.1, 0.15) is 16.1 Å². The van der Waals surface area contributed by atoms with E-state index in [9.17, 15) is 4.79 Å². The Kier molecular flexibility index (Phi) is 4.28. The van der Waals surface area contributed by atoms with Gasteiger partial charge in [-0.15, -0.1) is 0 Å². The lowest BCUT2D eigenvalue weighted by Crippen LogP contribution is -2.14. The molecule has 5 heteroatoms. The fourth-order valence-electron chi connectivity index (χ4n) is 1.63. The van der Waals surface area contributed by atoms with Crippen LogP contribution in [0.15, 0.2) is 41.0 Å². The first-order valence-electron chi connectivity index (χ1n) is 5.53. The fraction of sp³-hybridized carbons (Fsp3) is 0.231. The molecule has 0 atom stereocenters. The van der Waals surface area contributed by atoms with E-state index in [1.165, 1.54) is 0 Å². The van der Waals surface area contributed by atoms with Crippen molar-refractivity contribution in [3.8, 4) is 0 Å². The van der Waals surface area contributed by atoms with Gasteiger partial charge >= 0.3 is 0 Å². The number of hydrogen-bond donors (Lipinski definition) is 0. The van der Waals surface area contributed by atoms with Crippen molar-refractivity contribution < 1.29 is 9.53 Å². The van der Waals surface area contributed by atoms with Crippen LogP contribution in [-0.4, -0.2) is 29.3 Å². The van der Waals surface area contributed by atoms with Gasteiger partial charge in [0.15, 0.2) is 0 Å². The highest BCUT2D eigenvalue weighted by atomic mass is 79.9. The molecule has 0 aliphatic carbocycles. The maximum absolute atomic E-state index is 12.3. The van der Waals surface area contributed by atoms with E-state index >= 15 is 0 Å². The number of hydrogen-bond acceptors (Lipinski definition) is 3. The van der Waals surface area contributed by atoms with Crippen molar-refractivity contribution in [3.05, 3.63) is 52.3 Å². The number of nitrogens with zero attached hydrogens (tertiary/aromatic N) is 2. The average Bonchev–Trinajstić information content (AvgIpc) is 2.84. The van der Waals surface area contributed by atoms with Gasteiger partial charge in [-0.1, -0.05) is 15.9 Å². The molecule has 0 amide bonds. The van der Waals surface area contributed by atoms with Gasteiger partial charge in [0.1, 0.15) is 5.69 Å². The Hall–Kier alpha value is -1.46. The smallest absolute Gasteiger partial charge is 0.211 e. The third-order valence-electron chi connectivity index (χ3n) is 2.56. The first-order chi connectivity index (χ1) is 8.72. The van der Waals surface area contributed by atoms with Crippen LogP contribution in [0.2, 0.25) is 0 Å². The molecule has 0 radical (unpaired) electrons. The summed E-state index contributed by atoms with van der Waals surface area (Å²) in [6.45, 7) is 1.10. The SMILES string of the molecule is COCCn1nccc1C(=O)c1ccc(Br)cc1. The summed E-state index contributed by atoms with van der Waals surface area (Å²) in [6, 6.07) is 9.01. The zero-order valence-corrected chi connectivity index (χ0v) is 11.6. The number of halogens is 1. The van der Waals surface area contributed by atoms with E-state index in [2.05, 4.69) is 21.0 Å². The Labute approximate surface area is 114 Å². The van der Waals surface area contributed by atoms with Crippen LogP contribution in [0.5, 0.6) is 0 Å². The Balaban J connectivity index is 2.23. The highest BCUT2D eigenvalue weighted by Crippen LogP contribution is 2.14. The molecule has 0 aliphatic rings. The minimum absolute atomic E-state index is 0.0314. The van der Waals surface area contributed by atoms with Crippen molar-refractivity contribution in [2.24, 2.45) is 0 Å². The monoisotopic (exact) mass is 308 g/mol. The van der Waals surface area contributed by atoms with E-state index in [1.807, 2.05) is 12.1 Å². The molecule has 0 fully saturated rings. The Morgan fingerprint density at radius 1 is 1.33 bits per heavy atom. The summed E-state index contributed by atoms with van der Waals surface area (Å²) in [5.41, 5.74) is 1.23. The third kappa shape index (κ3) is 2.86. The van der Waals surface area contributed by atoms with E-state index in [0.29, 0.717) is 24.4 Å². The van der Waals surface area contributed by atoms with Crippen LogP contribution in [0.3, 0.4) is 0 Å². The zero-order chi connectivity index (χ0) is 13.0. The minimum atomic E-state index is -0.0314. The van der Waals surface area contributed by atoms with Gasteiger partial charge in [-0.25, -0.2) is 0 Å². The molecule has 0 aliphatic heterocycles. The molecule has 0 saturated carbocycles. The molecule has 0 bridgehead atoms. The largest absolute Gasteiger partial charge is 0.383 e. The van der Waals surface area contributed by atoms with Crippen LogP contribution < -0.4 is 0 Å². The van der Waals surface area contributed by atoms with Crippen molar-refractivity contribution in [3.63, 3.8) is 0 Å². The molecule has 4 nitrogen and oxygen atoms in total. The normalized spacial score (nSPS) is 10.6. The lowest BCUT2D eigenvalue weighted by molar-refractivity contribution is 0.102. The van der Waals surface area contributed by atoms with Crippen LogP contribution in [0, 0.1) is 0 Å². The van der Waals surface area contributed by atoms with Gasteiger partial charge < -0.3 is 4.74 Å². The number of methoxy groups -OCH3 is 1. The molecule has 1 heterocycles. The summed E-state index contributed by atoms with van der Waals surface area (Å²) in [6.07, 6.45) is 1.63. The zero-order valence-electron chi connectivity index (χ0n) is 9.97. The van der Waals surface area contributed by atoms with E-state index in [1.54, 1.807) is 36.2 Å². The number of rotatable bonds is 5. The van der Waals surface area contributed by atoms with E-state index < -0.39 is 0 Å². The second kappa shape index (κ2) is 5.93. The van der Waals surface area contributed by atoms with E-state index in [4.69, 9.17) is 4.74 Å². The summed E-state index contributed by atoms with van der Waals surface area (Å²) >= 11 is 3.35. The van der Waals surface area contributed by atoms with Crippen molar-refractivity contribution >= 4 is 21.7 Å². The average molecular weight is 309 g/mol. The van der Waals surface area contributed by atoms with Crippen LogP contribution in [0.4, 0.5) is 0 Å². The summed E-state index contributed by atoms with van der Waals surface area (Å²) in [5, 5.41) is 4.12. The van der Waals surface area contributed by atoms with Gasteiger partial charge in [-0.2, -0.15) is 5.10 Å². The van der Waals surface area contributed by atoms with Crippen molar-refractivity contribution in [2.75, 3.05) is 13.7 Å². The van der Waals surface area contributed by atoms with Gasteiger partial charge in [-0.3, -0.25) is 9.48 Å². The van der Waals surface area contributed by atoms with Gasteiger partial charge in [0.05, 0.1) is 13.2 Å². The highest BCUT2D eigenvalue weighted by Gasteiger charge is 2.13. The lowest BCUT2D eigenvalue weighted by Gasteiger charge is -2.06. The standard InChI is InChI=1S/C13H13BrN2O2/c1-18-9-8-16-12(6-7-15-16)13(17)10-2-4-11(14)5-3-10/h2-7H,8-9H2,1H3. The Bertz CT molecular complexity index is 534. The molecule has 2 rings (SSSR count). The topological polar surface area (TPSA) is 44.1 Å². The van der Waals surface area contributed by atoms with Crippen molar-refractivity contribution in [1.82, 2.24) is 9.78 Å². The minimum Gasteiger partial charge on any atom is -0.383 e. The highest BCUT2D eigenvalue weighted by molar-refractivity contribution is 9.10. The molecule has 0 N–H and O–H groups in total. The Morgan fingerprint density at radius 2 is 2.06 bits per heavy atom. The molecule has 1 aromatic carbocycles. The van der Waals surface area contributed by atoms with Crippen LogP contribution >= 0.6 is 15.9 Å². The molecule has 18 heavy (non-hydrogen) atoms. The predicted octanol–water partition coefficient (Wildman–Crippen LogP) is 2.52. The maximum Gasteiger partial charge on any atom is 0.211 e. The van der Waals surface area contributed by atoms with E-state index in [-0.39, 0.29) is 5.78 Å². The van der Waals surface area contributed by atoms with Crippen LogP contribution in [0.25, 0.3) is 0 Å². The third-order valence-corrected chi connectivity index (χ3v) is 3.09. The van der Waals surface area contributed by atoms with Gasteiger partial charge in [0, 0.05) is 23.3 Å². The molecular weight excluding hydrogens is 296 g/mol. The second-order valence-electron chi connectivity index (χ2n) is 3.77. The van der Waals surface area contributed by atoms with Gasteiger partial charge in [0.2, 0.25) is 5.78 Å². The first kappa shape index (κ1) is 13.0. The molecule has 0 unspecified atom stereocenters. The maximum atomic E-state index is 12.3. The summed E-state index contributed by atoms with van der Waals surface area (Å²) < 4.78 is 7.60. The quantitative estimate of drug-likeness (QED) is 0.797.